The Morgan fingerprint density at radius 3 is 3.00 bits per heavy atom. The maximum Gasteiger partial charge on any atom is 0.345 e. The third kappa shape index (κ3) is 2.64. The molecule has 116 valence electrons. The van der Waals surface area contributed by atoms with Crippen molar-refractivity contribution in [1.29, 1.82) is 0 Å². The molecule has 0 aliphatic rings. The quantitative estimate of drug-likeness (QED) is 0.543. The second-order valence-electron chi connectivity index (χ2n) is 4.68. The van der Waals surface area contributed by atoms with Gasteiger partial charge in [-0.1, -0.05) is 12.0 Å². The minimum atomic E-state index is -0.682. The van der Waals surface area contributed by atoms with E-state index in [1.165, 1.54) is 22.0 Å². The number of hydrogen-bond donors (Lipinski definition) is 0. The van der Waals surface area contributed by atoms with E-state index < -0.39 is 11.5 Å². The summed E-state index contributed by atoms with van der Waals surface area (Å²) < 4.78 is 7.76. The van der Waals surface area contributed by atoms with Crippen molar-refractivity contribution in [2.45, 2.75) is 13.5 Å². The normalized spacial score (nSPS) is 10.6. The molecule has 0 unspecified atom stereocenters. The number of carbonyl (C=O) groups is 1. The highest BCUT2D eigenvalue weighted by atomic mass is 32.1. The highest BCUT2D eigenvalue weighted by Crippen LogP contribution is 2.24. The number of nitrogens with zero attached hydrogens (tertiary/aromatic N) is 3. The minimum Gasteiger partial charge on any atom is -0.462 e. The average molecular weight is 327 g/mol. The second kappa shape index (κ2) is 6.10. The number of aromatic nitrogens is 3. The van der Waals surface area contributed by atoms with Gasteiger partial charge >= 0.3 is 5.97 Å². The molecule has 3 heterocycles. The third-order valence-electron chi connectivity index (χ3n) is 3.22. The smallest absolute Gasteiger partial charge is 0.345 e. The molecule has 23 heavy (non-hydrogen) atoms. The molecule has 0 aromatic carbocycles. The first-order chi connectivity index (χ1) is 11.2. The van der Waals surface area contributed by atoms with Crippen LogP contribution in [-0.2, 0) is 11.3 Å². The SMILES string of the molecule is C#CCn1cc(C(=O)OCC)c(=O)n2nc(-c3cccs3)cc12. The molecule has 0 aliphatic carbocycles. The van der Waals surface area contributed by atoms with Crippen molar-refractivity contribution in [1.82, 2.24) is 14.2 Å². The molecule has 3 aromatic heterocycles. The van der Waals surface area contributed by atoms with Crippen LogP contribution in [-0.4, -0.2) is 26.8 Å². The fraction of sp³-hybridized carbons (Fsp3) is 0.188. The van der Waals surface area contributed by atoms with Gasteiger partial charge in [-0.3, -0.25) is 4.79 Å². The van der Waals surface area contributed by atoms with E-state index >= 15 is 0 Å². The average Bonchev–Trinajstić information content (AvgIpc) is 3.18. The molecule has 0 fully saturated rings. The van der Waals surface area contributed by atoms with E-state index in [0.717, 1.165) is 4.88 Å². The van der Waals surface area contributed by atoms with Crippen molar-refractivity contribution in [3.05, 3.63) is 45.7 Å². The fourth-order valence-electron chi connectivity index (χ4n) is 2.24. The summed E-state index contributed by atoms with van der Waals surface area (Å²) in [4.78, 5) is 25.4. The Kier molecular flexibility index (Phi) is 4.00. The lowest BCUT2D eigenvalue weighted by atomic mass is 10.3. The van der Waals surface area contributed by atoms with Crippen molar-refractivity contribution >= 4 is 23.0 Å². The lowest BCUT2D eigenvalue weighted by molar-refractivity contribution is 0.0523. The molecule has 0 aliphatic heterocycles. The first kappa shape index (κ1) is 15.1. The summed E-state index contributed by atoms with van der Waals surface area (Å²) in [6.07, 6.45) is 6.81. The van der Waals surface area contributed by atoms with Gasteiger partial charge in [-0.05, 0) is 18.4 Å². The zero-order chi connectivity index (χ0) is 16.4. The lowest BCUT2D eigenvalue weighted by Crippen LogP contribution is -2.27. The van der Waals surface area contributed by atoms with Gasteiger partial charge in [-0.25, -0.2) is 4.79 Å². The number of terminal acetylenes is 1. The molecular weight excluding hydrogens is 314 g/mol. The maximum atomic E-state index is 12.5. The van der Waals surface area contributed by atoms with Crippen LogP contribution in [0.3, 0.4) is 0 Å². The van der Waals surface area contributed by atoms with Crippen LogP contribution in [0.15, 0.2) is 34.6 Å². The van der Waals surface area contributed by atoms with E-state index in [0.29, 0.717) is 11.3 Å². The standard InChI is InChI=1S/C16H13N3O3S/c1-3-7-18-10-11(16(21)22-4-2)15(20)19-14(18)9-12(17-19)13-6-5-8-23-13/h1,5-6,8-10H,4,7H2,2H3. The van der Waals surface area contributed by atoms with Crippen molar-refractivity contribution in [2.75, 3.05) is 6.61 Å². The van der Waals surface area contributed by atoms with Gasteiger partial charge in [-0.15, -0.1) is 17.8 Å². The molecule has 0 N–H and O–H groups in total. The summed E-state index contributed by atoms with van der Waals surface area (Å²) in [6.45, 7) is 2.08. The number of hydrogen-bond acceptors (Lipinski definition) is 5. The van der Waals surface area contributed by atoms with Gasteiger partial charge < -0.3 is 9.30 Å². The number of thiophene rings is 1. The molecule has 3 aromatic rings. The van der Waals surface area contributed by atoms with E-state index in [-0.39, 0.29) is 18.7 Å². The Balaban J connectivity index is 2.25. The molecule has 0 saturated heterocycles. The molecule has 0 atom stereocenters. The highest BCUT2D eigenvalue weighted by Gasteiger charge is 2.18. The maximum absolute atomic E-state index is 12.5. The molecule has 0 radical (unpaired) electrons. The predicted octanol–water partition coefficient (Wildman–Crippen LogP) is 2.03. The van der Waals surface area contributed by atoms with Crippen molar-refractivity contribution in [2.24, 2.45) is 0 Å². The fourth-order valence-corrected chi connectivity index (χ4v) is 2.92. The molecule has 0 saturated carbocycles. The van der Waals surface area contributed by atoms with E-state index in [1.54, 1.807) is 17.6 Å². The molecule has 0 bridgehead atoms. The zero-order valence-corrected chi connectivity index (χ0v) is 13.2. The van der Waals surface area contributed by atoms with Gasteiger partial charge in [0.25, 0.3) is 5.56 Å². The van der Waals surface area contributed by atoms with Gasteiger partial charge in [0, 0.05) is 12.3 Å². The summed E-state index contributed by atoms with van der Waals surface area (Å²) >= 11 is 1.52. The van der Waals surface area contributed by atoms with Gasteiger partial charge in [0.2, 0.25) is 0 Å². The van der Waals surface area contributed by atoms with Crippen LogP contribution in [0.5, 0.6) is 0 Å². The van der Waals surface area contributed by atoms with Crippen LogP contribution in [0.25, 0.3) is 16.2 Å². The van der Waals surface area contributed by atoms with Crippen LogP contribution < -0.4 is 5.56 Å². The number of esters is 1. The van der Waals surface area contributed by atoms with E-state index in [2.05, 4.69) is 11.0 Å². The number of carbonyl (C=O) groups excluding carboxylic acids is 1. The number of fused-ring (bicyclic) bond motifs is 1. The molecule has 0 spiro atoms. The Labute approximate surface area is 135 Å². The molecule has 6 nitrogen and oxygen atoms in total. The number of rotatable bonds is 4. The van der Waals surface area contributed by atoms with Gasteiger partial charge in [-0.2, -0.15) is 9.61 Å². The van der Waals surface area contributed by atoms with Crippen LogP contribution in [0.1, 0.15) is 17.3 Å². The topological polar surface area (TPSA) is 65.6 Å². The monoisotopic (exact) mass is 327 g/mol. The lowest BCUT2D eigenvalue weighted by Gasteiger charge is -2.07. The first-order valence-corrected chi connectivity index (χ1v) is 7.81. The second-order valence-corrected chi connectivity index (χ2v) is 5.62. The van der Waals surface area contributed by atoms with Crippen LogP contribution >= 0.6 is 11.3 Å². The summed E-state index contributed by atoms with van der Waals surface area (Å²) in [5.74, 6) is 1.83. The van der Waals surface area contributed by atoms with Gasteiger partial charge in [0.15, 0.2) is 0 Å². The first-order valence-electron chi connectivity index (χ1n) is 6.93. The summed E-state index contributed by atoms with van der Waals surface area (Å²) in [7, 11) is 0. The summed E-state index contributed by atoms with van der Waals surface area (Å²) in [5.41, 5.74) is 0.582. The minimum absolute atomic E-state index is 0.0876. The van der Waals surface area contributed by atoms with Gasteiger partial charge in [0.05, 0.1) is 18.0 Å². The van der Waals surface area contributed by atoms with Crippen molar-refractivity contribution in [3.8, 4) is 22.9 Å². The van der Waals surface area contributed by atoms with Gasteiger partial charge in [0.1, 0.15) is 16.9 Å². The van der Waals surface area contributed by atoms with Crippen LogP contribution in [0, 0.1) is 12.3 Å². The van der Waals surface area contributed by atoms with E-state index in [9.17, 15) is 9.59 Å². The Morgan fingerprint density at radius 2 is 2.35 bits per heavy atom. The molecule has 7 heteroatoms. The van der Waals surface area contributed by atoms with Crippen LogP contribution in [0.2, 0.25) is 0 Å². The van der Waals surface area contributed by atoms with E-state index in [1.807, 2.05) is 17.5 Å². The highest BCUT2D eigenvalue weighted by molar-refractivity contribution is 7.13. The zero-order valence-electron chi connectivity index (χ0n) is 12.4. The Morgan fingerprint density at radius 1 is 1.52 bits per heavy atom. The number of ether oxygens (including phenoxy) is 1. The predicted molar refractivity (Wildman–Crippen MR) is 87.6 cm³/mol. The molecule has 3 rings (SSSR count). The Bertz CT molecular complexity index is 961. The Hall–Kier alpha value is -2.85. The van der Waals surface area contributed by atoms with Crippen LogP contribution in [0.4, 0.5) is 0 Å². The largest absolute Gasteiger partial charge is 0.462 e. The van der Waals surface area contributed by atoms with E-state index in [4.69, 9.17) is 11.2 Å². The molecule has 0 amide bonds. The van der Waals surface area contributed by atoms with Crippen molar-refractivity contribution in [3.63, 3.8) is 0 Å². The summed E-state index contributed by atoms with van der Waals surface area (Å²) in [5, 5.41) is 6.25. The third-order valence-corrected chi connectivity index (χ3v) is 4.12. The van der Waals surface area contributed by atoms with Crippen molar-refractivity contribution < 1.29 is 9.53 Å². The summed E-state index contributed by atoms with van der Waals surface area (Å²) in [6, 6.07) is 5.59. The molecular formula is C16H13N3O3S.